The molecule has 0 saturated carbocycles. The van der Waals surface area contributed by atoms with E-state index in [0.717, 1.165) is 36.2 Å². The highest BCUT2D eigenvalue weighted by molar-refractivity contribution is 6.29. The second-order valence-corrected chi connectivity index (χ2v) is 6.81. The summed E-state index contributed by atoms with van der Waals surface area (Å²) < 4.78 is 39.2. The quantitative estimate of drug-likeness (QED) is 0.736. The van der Waals surface area contributed by atoms with Gasteiger partial charge in [0.25, 0.3) is 0 Å². The number of nitrogens with one attached hydrogen (secondary N) is 1. The summed E-state index contributed by atoms with van der Waals surface area (Å²) >= 11 is 5.76. The minimum Gasteiger partial charge on any atom is -0.330 e. The van der Waals surface area contributed by atoms with Crippen molar-refractivity contribution in [2.45, 2.75) is 24.9 Å². The normalized spacial score (nSPS) is 14.5. The molecule has 0 spiro atoms. The lowest BCUT2D eigenvalue weighted by molar-refractivity contribution is -0.137. The summed E-state index contributed by atoms with van der Waals surface area (Å²) in [7, 11) is 0. The molecule has 1 aliphatic rings. The minimum atomic E-state index is -4.59. The van der Waals surface area contributed by atoms with Gasteiger partial charge in [0.05, 0.1) is 17.2 Å². The molecule has 1 atom stereocenters. The Hall–Kier alpha value is -2.45. The van der Waals surface area contributed by atoms with Crippen molar-refractivity contribution >= 4 is 29.4 Å². The van der Waals surface area contributed by atoms with Crippen molar-refractivity contribution in [2.24, 2.45) is 10.7 Å². The highest BCUT2D eigenvalue weighted by atomic mass is 35.5. The van der Waals surface area contributed by atoms with Crippen LogP contribution in [0.4, 0.5) is 18.9 Å². The molecule has 0 saturated heterocycles. The molecule has 2 heterocycles. The molecule has 9 heteroatoms. The van der Waals surface area contributed by atoms with Gasteiger partial charge in [-0.15, -0.1) is 0 Å². The zero-order chi connectivity index (χ0) is 20.3. The number of rotatable bonds is 5. The maximum Gasteiger partial charge on any atom is 0.416 e. The van der Waals surface area contributed by atoms with Crippen molar-refractivity contribution in [3.8, 4) is 0 Å². The molecule has 28 heavy (non-hydrogen) atoms. The Morgan fingerprint density at radius 3 is 2.79 bits per heavy atom. The van der Waals surface area contributed by atoms with Crippen LogP contribution in [0.2, 0.25) is 5.15 Å². The molecule has 0 aliphatic carbocycles. The van der Waals surface area contributed by atoms with Crippen LogP contribution in [0.15, 0.2) is 35.3 Å². The number of pyridine rings is 1. The molecule has 1 aromatic carbocycles. The second-order valence-electron chi connectivity index (χ2n) is 6.42. The van der Waals surface area contributed by atoms with E-state index in [4.69, 9.17) is 17.3 Å². The van der Waals surface area contributed by atoms with E-state index in [9.17, 15) is 18.0 Å². The molecule has 3 N–H and O–H groups in total. The Morgan fingerprint density at radius 1 is 1.29 bits per heavy atom. The number of hydrogen-bond donors (Lipinski definition) is 2. The highest BCUT2D eigenvalue weighted by Crippen LogP contribution is 2.33. The predicted octanol–water partition coefficient (Wildman–Crippen LogP) is 3.80. The Labute approximate surface area is 164 Å². The first-order valence-corrected chi connectivity index (χ1v) is 9.04. The minimum absolute atomic E-state index is 0.0673. The Bertz CT molecular complexity index is 915. The van der Waals surface area contributed by atoms with Crippen molar-refractivity contribution < 1.29 is 18.0 Å². The first-order valence-electron chi connectivity index (χ1n) is 8.66. The molecular weight excluding hydrogens is 393 g/mol. The third-order valence-electron chi connectivity index (χ3n) is 4.42. The van der Waals surface area contributed by atoms with E-state index in [-0.39, 0.29) is 23.8 Å². The van der Waals surface area contributed by atoms with Gasteiger partial charge in [0.1, 0.15) is 5.15 Å². The summed E-state index contributed by atoms with van der Waals surface area (Å²) in [6, 6.07) is 6.99. The van der Waals surface area contributed by atoms with Gasteiger partial charge in [0, 0.05) is 18.4 Å². The van der Waals surface area contributed by atoms with E-state index in [2.05, 4.69) is 15.3 Å². The van der Waals surface area contributed by atoms with Crippen molar-refractivity contribution in [2.75, 3.05) is 18.4 Å². The van der Waals surface area contributed by atoms with Crippen LogP contribution in [0.1, 0.15) is 34.7 Å². The molecule has 1 unspecified atom stereocenters. The van der Waals surface area contributed by atoms with Gasteiger partial charge in [-0.1, -0.05) is 17.7 Å². The predicted molar refractivity (Wildman–Crippen MR) is 102 cm³/mol. The number of alkyl halides is 3. The first-order chi connectivity index (χ1) is 13.3. The number of halogens is 4. The fourth-order valence-electron chi connectivity index (χ4n) is 3.04. The maximum absolute atomic E-state index is 13.1. The molecule has 0 fully saturated rings. The molecule has 148 valence electrons. The van der Waals surface area contributed by atoms with Gasteiger partial charge in [-0.3, -0.25) is 9.79 Å². The average Bonchev–Trinajstić information content (AvgIpc) is 2.64. The van der Waals surface area contributed by atoms with Gasteiger partial charge in [-0.05, 0) is 54.8 Å². The molecule has 0 radical (unpaired) electrons. The Morgan fingerprint density at radius 2 is 2.07 bits per heavy atom. The van der Waals surface area contributed by atoms with Crippen molar-refractivity contribution in [1.82, 2.24) is 4.98 Å². The van der Waals surface area contributed by atoms with Gasteiger partial charge in [0.15, 0.2) is 0 Å². The highest BCUT2D eigenvalue weighted by Gasteiger charge is 2.33. The molecule has 1 amide bonds. The topological polar surface area (TPSA) is 80.4 Å². The van der Waals surface area contributed by atoms with Crippen LogP contribution in [-0.2, 0) is 17.4 Å². The summed E-state index contributed by atoms with van der Waals surface area (Å²) in [6.45, 7) is 0.823. The van der Waals surface area contributed by atoms with Gasteiger partial charge < -0.3 is 11.1 Å². The molecule has 3 rings (SSSR count). The molecule has 2 aromatic rings. The summed E-state index contributed by atoms with van der Waals surface area (Å²) in [4.78, 5) is 20.9. The Kier molecular flexibility index (Phi) is 6.00. The zero-order valence-electron chi connectivity index (χ0n) is 14.8. The van der Waals surface area contributed by atoms with Gasteiger partial charge in [0.2, 0.25) is 5.91 Å². The molecular formula is C19H18ClF3N4O. The number of carbonyl (C=O) groups excluding carboxylic acids is 1. The number of nitrogens with two attached hydrogens (primary N) is 1. The van der Waals surface area contributed by atoms with E-state index >= 15 is 0 Å². The van der Waals surface area contributed by atoms with Crippen molar-refractivity contribution in [1.29, 1.82) is 0 Å². The third kappa shape index (κ3) is 4.69. The number of nitrogens with zero attached hydrogens (tertiary/aromatic N) is 2. The number of fused-ring (bicyclic) bond motifs is 1. The van der Waals surface area contributed by atoms with Crippen LogP contribution < -0.4 is 11.1 Å². The summed E-state index contributed by atoms with van der Waals surface area (Å²) in [5.74, 6) is -1.46. The van der Waals surface area contributed by atoms with Crippen LogP contribution in [0.25, 0.3) is 0 Å². The van der Waals surface area contributed by atoms with Crippen LogP contribution in [0.3, 0.4) is 0 Å². The van der Waals surface area contributed by atoms with E-state index < -0.39 is 23.6 Å². The molecule has 1 aromatic heterocycles. The number of aliphatic imine (C=N–C) groups is 1. The third-order valence-corrected chi connectivity index (χ3v) is 4.62. The Balaban J connectivity index is 1.87. The number of aromatic nitrogens is 1. The van der Waals surface area contributed by atoms with Gasteiger partial charge >= 0.3 is 6.18 Å². The van der Waals surface area contributed by atoms with Crippen LogP contribution in [-0.4, -0.2) is 30.2 Å². The van der Waals surface area contributed by atoms with Crippen LogP contribution in [0.5, 0.6) is 0 Å². The number of benzene rings is 1. The largest absolute Gasteiger partial charge is 0.416 e. The summed E-state index contributed by atoms with van der Waals surface area (Å²) in [5, 5.41) is 2.40. The fraction of sp³-hybridized carbons (Fsp3) is 0.316. The SMILES string of the molecule is NCCC(C(=O)Nc1ccc2c(c1)C=NCC2)c1cc(C(F)(F)F)cc(Cl)n1. The van der Waals surface area contributed by atoms with E-state index in [1.165, 1.54) is 0 Å². The summed E-state index contributed by atoms with van der Waals surface area (Å²) in [6.07, 6.45) is -1.91. The van der Waals surface area contributed by atoms with E-state index in [1.807, 2.05) is 6.07 Å². The lowest BCUT2D eigenvalue weighted by Crippen LogP contribution is -2.25. The lowest BCUT2D eigenvalue weighted by Gasteiger charge is -2.18. The smallest absolute Gasteiger partial charge is 0.330 e. The zero-order valence-corrected chi connectivity index (χ0v) is 15.5. The number of amides is 1. The monoisotopic (exact) mass is 410 g/mol. The maximum atomic E-state index is 13.1. The van der Waals surface area contributed by atoms with E-state index in [0.29, 0.717) is 5.69 Å². The first kappa shape index (κ1) is 20.3. The number of anilines is 1. The van der Waals surface area contributed by atoms with Gasteiger partial charge in [-0.25, -0.2) is 4.98 Å². The molecule has 0 bridgehead atoms. The number of hydrogen-bond acceptors (Lipinski definition) is 4. The summed E-state index contributed by atoms with van der Waals surface area (Å²) in [5.41, 5.74) is 7.10. The standard InChI is InChI=1S/C19H18ClF3N4O/c20-17-9-13(19(21,22)23)8-16(27-17)15(3-5-24)18(28)26-14-2-1-11-4-6-25-10-12(11)7-14/h1-2,7-10,15H,3-6,24H2,(H,26,28). The van der Waals surface area contributed by atoms with E-state index in [1.54, 1.807) is 18.3 Å². The lowest BCUT2D eigenvalue weighted by atomic mass is 9.97. The number of carbonyl (C=O) groups is 1. The molecule has 5 nitrogen and oxygen atoms in total. The van der Waals surface area contributed by atoms with Gasteiger partial charge in [-0.2, -0.15) is 13.2 Å². The fourth-order valence-corrected chi connectivity index (χ4v) is 3.25. The van der Waals surface area contributed by atoms with Crippen LogP contribution in [0, 0.1) is 0 Å². The van der Waals surface area contributed by atoms with Crippen molar-refractivity contribution in [3.63, 3.8) is 0 Å². The van der Waals surface area contributed by atoms with Crippen LogP contribution >= 0.6 is 11.6 Å². The second kappa shape index (κ2) is 8.28. The molecule has 1 aliphatic heterocycles. The average molecular weight is 411 g/mol. The van der Waals surface area contributed by atoms with Crippen molar-refractivity contribution in [3.05, 3.63) is 57.9 Å².